The molecule has 0 unspecified atom stereocenters. The van der Waals surface area contributed by atoms with Gasteiger partial charge in [-0.15, -0.1) is 0 Å². The van der Waals surface area contributed by atoms with Gasteiger partial charge in [-0.3, -0.25) is 14.3 Å². The van der Waals surface area contributed by atoms with Gasteiger partial charge in [-0.2, -0.15) is 23.4 Å². The van der Waals surface area contributed by atoms with Crippen molar-refractivity contribution in [2.45, 2.75) is 76.7 Å². The van der Waals surface area contributed by atoms with Crippen LogP contribution in [-0.4, -0.2) is 69.4 Å². The lowest BCUT2D eigenvalue weighted by molar-refractivity contribution is -0.183. The molecule has 0 spiro atoms. The summed E-state index contributed by atoms with van der Waals surface area (Å²) in [7, 11) is 0. The number of nitrogens with zero attached hydrogens (tertiary/aromatic N) is 8. The summed E-state index contributed by atoms with van der Waals surface area (Å²) in [4.78, 5) is 39.4. The lowest BCUT2D eigenvalue weighted by atomic mass is 9.81. The van der Waals surface area contributed by atoms with Crippen LogP contribution in [0.4, 0.5) is 22.0 Å². The summed E-state index contributed by atoms with van der Waals surface area (Å²) in [6.07, 6.45) is 2.52. The van der Waals surface area contributed by atoms with Crippen molar-refractivity contribution in [3.8, 4) is 0 Å². The zero-order chi connectivity index (χ0) is 32.6. The molecule has 2 aliphatic rings. The molecule has 3 atom stereocenters. The summed E-state index contributed by atoms with van der Waals surface area (Å²) in [5.74, 6) is -6.61. The first-order chi connectivity index (χ1) is 21.9. The Bertz CT molecular complexity index is 1690. The van der Waals surface area contributed by atoms with Crippen molar-refractivity contribution in [1.29, 1.82) is 0 Å². The maximum absolute atomic E-state index is 14.1. The van der Waals surface area contributed by atoms with E-state index in [4.69, 9.17) is 0 Å². The largest absolute Gasteiger partial charge is 0.393 e. The molecular formula is C29H33F5N10O2. The second-order valence-corrected chi connectivity index (χ2v) is 11.9. The number of halogens is 5. The fraction of sp³-hybridized carbons (Fsp3) is 0.552. The Labute approximate surface area is 259 Å². The number of hydrogen-bond donors (Lipinski definition) is 2. The van der Waals surface area contributed by atoms with Crippen LogP contribution in [0.3, 0.4) is 0 Å². The van der Waals surface area contributed by atoms with Crippen molar-refractivity contribution < 1.29 is 31.5 Å². The standard InChI is InChI=1S/C29H33F5N10O2/c1-2-43-23(5-8-37-43)26(46)40-24(17-3-6-28(30,31)7-4-17)22-15-44-27(39-22)38-21(14-42-10-9-35-16-42)20(41-44)12-18-11-19(29(32,33)34)13-36-25(18)45/h5,8-10,15-19,24H,2-4,6-7,11-14H2,1H3,(H,36,45)(H,40,46)/t18-,19-,24+/m1/s1. The number of rotatable bonds is 9. The van der Waals surface area contributed by atoms with Crippen LogP contribution in [0, 0.1) is 17.8 Å². The van der Waals surface area contributed by atoms with Gasteiger partial charge < -0.3 is 15.2 Å². The Morgan fingerprint density at radius 1 is 1.17 bits per heavy atom. The number of fused-ring (bicyclic) bond motifs is 1. The normalized spacial score (nSPS) is 21.3. The van der Waals surface area contributed by atoms with Gasteiger partial charge in [-0.25, -0.2) is 28.2 Å². The molecule has 4 aromatic rings. The zero-order valence-electron chi connectivity index (χ0n) is 24.9. The maximum atomic E-state index is 14.1. The van der Waals surface area contributed by atoms with Crippen molar-refractivity contribution in [1.82, 2.24) is 49.5 Å². The average Bonchev–Trinajstić information content (AvgIpc) is 3.78. The second kappa shape index (κ2) is 12.4. The Morgan fingerprint density at radius 2 is 1.96 bits per heavy atom. The first-order valence-electron chi connectivity index (χ1n) is 15.2. The van der Waals surface area contributed by atoms with E-state index < -0.39 is 48.3 Å². The van der Waals surface area contributed by atoms with Crippen LogP contribution in [0.5, 0.6) is 0 Å². The highest BCUT2D eigenvalue weighted by atomic mass is 19.4. The number of carbonyl (C=O) groups excluding carboxylic acids is 2. The van der Waals surface area contributed by atoms with E-state index >= 15 is 0 Å². The highest BCUT2D eigenvalue weighted by Gasteiger charge is 2.45. The van der Waals surface area contributed by atoms with E-state index in [-0.39, 0.29) is 56.8 Å². The van der Waals surface area contributed by atoms with Crippen LogP contribution >= 0.6 is 0 Å². The molecule has 12 nitrogen and oxygen atoms in total. The van der Waals surface area contributed by atoms with E-state index in [9.17, 15) is 31.5 Å². The molecule has 2 fully saturated rings. The number of nitrogens with one attached hydrogen (secondary N) is 2. The molecule has 246 valence electrons. The van der Waals surface area contributed by atoms with Crippen molar-refractivity contribution in [3.05, 3.63) is 60.0 Å². The first-order valence-corrected chi connectivity index (χ1v) is 15.2. The van der Waals surface area contributed by atoms with Gasteiger partial charge in [-0.1, -0.05) is 0 Å². The Morgan fingerprint density at radius 3 is 2.65 bits per heavy atom. The van der Waals surface area contributed by atoms with E-state index in [1.54, 1.807) is 35.6 Å². The zero-order valence-corrected chi connectivity index (χ0v) is 24.9. The maximum Gasteiger partial charge on any atom is 0.393 e. The first kappa shape index (κ1) is 31.5. The summed E-state index contributed by atoms with van der Waals surface area (Å²) in [5.41, 5.74) is 1.35. The number of carbonyl (C=O) groups is 2. The Hall–Kier alpha value is -4.44. The molecule has 2 N–H and O–H groups in total. The number of imidazole rings is 2. The molecule has 6 rings (SSSR count). The molecule has 4 aromatic heterocycles. The van der Waals surface area contributed by atoms with E-state index in [2.05, 4.69) is 35.8 Å². The van der Waals surface area contributed by atoms with Gasteiger partial charge in [-0.05, 0) is 38.2 Å². The molecule has 0 radical (unpaired) electrons. The van der Waals surface area contributed by atoms with Crippen LogP contribution in [0.1, 0.15) is 72.6 Å². The van der Waals surface area contributed by atoms with Gasteiger partial charge in [0.15, 0.2) is 0 Å². The summed E-state index contributed by atoms with van der Waals surface area (Å²) >= 11 is 0. The second-order valence-electron chi connectivity index (χ2n) is 11.9. The molecule has 2 amide bonds. The predicted octanol–water partition coefficient (Wildman–Crippen LogP) is 3.74. The molecule has 0 aromatic carbocycles. The summed E-state index contributed by atoms with van der Waals surface area (Å²) in [5, 5.41) is 14.1. The molecular weight excluding hydrogens is 615 g/mol. The monoisotopic (exact) mass is 648 g/mol. The molecule has 17 heteroatoms. The lowest BCUT2D eigenvalue weighted by Gasteiger charge is -2.33. The lowest BCUT2D eigenvalue weighted by Crippen LogP contribution is -2.47. The van der Waals surface area contributed by atoms with Gasteiger partial charge in [0.25, 0.3) is 11.7 Å². The highest BCUT2D eigenvalue weighted by molar-refractivity contribution is 5.92. The van der Waals surface area contributed by atoms with Crippen LogP contribution in [0.15, 0.2) is 37.2 Å². The summed E-state index contributed by atoms with van der Waals surface area (Å²) < 4.78 is 73.4. The van der Waals surface area contributed by atoms with E-state index in [1.165, 1.54) is 15.4 Å². The van der Waals surface area contributed by atoms with Gasteiger partial charge in [0.2, 0.25) is 11.8 Å². The fourth-order valence-corrected chi connectivity index (χ4v) is 6.27. The van der Waals surface area contributed by atoms with Crippen LogP contribution in [0.2, 0.25) is 0 Å². The molecule has 46 heavy (non-hydrogen) atoms. The van der Waals surface area contributed by atoms with Crippen LogP contribution in [0.25, 0.3) is 5.78 Å². The summed E-state index contributed by atoms with van der Waals surface area (Å²) in [6.45, 7) is 1.97. The average molecular weight is 649 g/mol. The van der Waals surface area contributed by atoms with Crippen molar-refractivity contribution in [2.75, 3.05) is 6.54 Å². The van der Waals surface area contributed by atoms with Crippen LogP contribution in [-0.2, 0) is 24.3 Å². The smallest absolute Gasteiger partial charge is 0.355 e. The third-order valence-electron chi connectivity index (χ3n) is 8.83. The van der Waals surface area contributed by atoms with Gasteiger partial charge >= 0.3 is 6.18 Å². The number of piperidine rings is 1. The van der Waals surface area contributed by atoms with Gasteiger partial charge in [0.05, 0.1) is 48.1 Å². The summed E-state index contributed by atoms with van der Waals surface area (Å²) in [6, 6.07) is 0.807. The minimum atomic E-state index is -4.46. The molecule has 1 aliphatic carbocycles. The fourth-order valence-electron chi connectivity index (χ4n) is 6.27. The minimum absolute atomic E-state index is 0.0994. The quantitative estimate of drug-likeness (QED) is 0.264. The van der Waals surface area contributed by atoms with E-state index in [0.29, 0.717) is 29.3 Å². The Balaban J connectivity index is 1.35. The van der Waals surface area contributed by atoms with E-state index in [1.807, 2.05) is 6.92 Å². The predicted molar refractivity (Wildman–Crippen MR) is 151 cm³/mol. The molecule has 0 bridgehead atoms. The molecule has 5 heterocycles. The number of aromatic nitrogens is 8. The topological polar surface area (TPSA) is 137 Å². The SMILES string of the molecule is CCn1nccc1C(=O)N[C@H](c1cn2nc(C[C@H]3C[C@@H](C(F)(F)F)CNC3=O)c(Cn3ccnc3)nc2n1)C1CCC(F)(F)CC1. The highest BCUT2D eigenvalue weighted by Crippen LogP contribution is 2.41. The van der Waals surface area contributed by atoms with Gasteiger partial charge in [0.1, 0.15) is 5.69 Å². The van der Waals surface area contributed by atoms with Crippen molar-refractivity contribution in [3.63, 3.8) is 0 Å². The minimum Gasteiger partial charge on any atom is -0.355 e. The molecule has 1 saturated carbocycles. The number of hydrogen-bond acceptors (Lipinski definition) is 7. The number of alkyl halides is 5. The van der Waals surface area contributed by atoms with Crippen molar-refractivity contribution >= 4 is 17.6 Å². The van der Waals surface area contributed by atoms with Gasteiger partial charge in [0, 0.05) is 56.9 Å². The molecule has 1 saturated heterocycles. The number of aryl methyl sites for hydroxylation is 1. The van der Waals surface area contributed by atoms with Crippen LogP contribution < -0.4 is 10.6 Å². The van der Waals surface area contributed by atoms with Crippen molar-refractivity contribution in [2.24, 2.45) is 17.8 Å². The van der Waals surface area contributed by atoms with E-state index in [0.717, 1.165) is 0 Å². The third-order valence-corrected chi connectivity index (χ3v) is 8.83. The number of amides is 2. The Kier molecular flexibility index (Phi) is 8.50. The third kappa shape index (κ3) is 6.72. The molecule has 1 aliphatic heterocycles.